The molecule has 0 bridgehead atoms. The molecule has 0 radical (unpaired) electrons. The van der Waals surface area contributed by atoms with Crippen LogP contribution in [0.25, 0.3) is 21.9 Å². The molecule has 0 aliphatic carbocycles. The number of piperidine rings is 2. The van der Waals surface area contributed by atoms with E-state index in [1.54, 1.807) is 0 Å². The van der Waals surface area contributed by atoms with Crippen molar-refractivity contribution >= 4 is 27.8 Å². The van der Waals surface area contributed by atoms with Gasteiger partial charge in [-0.15, -0.1) is 0 Å². The Bertz CT molecular complexity index is 1400. The van der Waals surface area contributed by atoms with Gasteiger partial charge in [-0.1, -0.05) is 36.4 Å². The first kappa shape index (κ1) is 21.1. The highest BCUT2D eigenvalue weighted by molar-refractivity contribution is 5.95. The number of aromatic nitrogens is 3. The Morgan fingerprint density at radius 1 is 0.882 bits per heavy atom. The van der Waals surface area contributed by atoms with E-state index in [0.29, 0.717) is 24.8 Å². The SMILES string of the molecule is O=C(c1ccc2ccccc2n1)N1CCC(N2CCCCC2n2c(=O)[nH]c3ccccc32)CC1. The van der Waals surface area contributed by atoms with Gasteiger partial charge in [-0.2, -0.15) is 0 Å². The van der Waals surface area contributed by atoms with E-state index in [9.17, 15) is 9.59 Å². The monoisotopic (exact) mass is 455 g/mol. The summed E-state index contributed by atoms with van der Waals surface area (Å²) in [7, 11) is 0. The summed E-state index contributed by atoms with van der Waals surface area (Å²) in [5.41, 5.74) is 3.19. The summed E-state index contributed by atoms with van der Waals surface area (Å²) >= 11 is 0. The van der Waals surface area contributed by atoms with E-state index >= 15 is 0 Å². The van der Waals surface area contributed by atoms with E-state index in [1.807, 2.05) is 70.1 Å². The van der Waals surface area contributed by atoms with Crippen molar-refractivity contribution in [2.45, 2.75) is 44.3 Å². The number of pyridine rings is 1. The van der Waals surface area contributed by atoms with Gasteiger partial charge >= 0.3 is 5.69 Å². The van der Waals surface area contributed by atoms with Crippen LogP contribution in [0.1, 0.15) is 48.8 Å². The molecule has 1 amide bonds. The molecule has 2 aliphatic rings. The number of para-hydroxylation sites is 3. The predicted molar refractivity (Wildman–Crippen MR) is 133 cm³/mol. The number of benzene rings is 2. The normalized spacial score (nSPS) is 20.2. The molecule has 2 saturated heterocycles. The van der Waals surface area contributed by atoms with Crippen LogP contribution in [0, 0.1) is 0 Å². The van der Waals surface area contributed by atoms with E-state index in [0.717, 1.165) is 60.6 Å². The van der Waals surface area contributed by atoms with Gasteiger partial charge < -0.3 is 9.88 Å². The number of carbonyl (C=O) groups excluding carboxylic acids is 1. The summed E-state index contributed by atoms with van der Waals surface area (Å²) in [6.07, 6.45) is 5.12. The van der Waals surface area contributed by atoms with Gasteiger partial charge in [0.1, 0.15) is 5.69 Å². The molecule has 6 rings (SSSR count). The molecule has 7 heteroatoms. The van der Waals surface area contributed by atoms with Crippen LogP contribution in [0.2, 0.25) is 0 Å². The lowest BCUT2D eigenvalue weighted by Gasteiger charge is -2.44. The third kappa shape index (κ3) is 3.70. The Balaban J connectivity index is 1.19. The van der Waals surface area contributed by atoms with Gasteiger partial charge in [0.05, 0.1) is 22.7 Å². The van der Waals surface area contributed by atoms with E-state index in [-0.39, 0.29) is 17.8 Å². The average molecular weight is 456 g/mol. The van der Waals surface area contributed by atoms with Gasteiger partial charge in [0.25, 0.3) is 5.91 Å². The molecule has 0 spiro atoms. The summed E-state index contributed by atoms with van der Waals surface area (Å²) in [6.45, 7) is 2.41. The molecular formula is C27H29N5O2. The second-order valence-corrected chi connectivity index (χ2v) is 9.44. The van der Waals surface area contributed by atoms with Crippen molar-refractivity contribution in [2.75, 3.05) is 19.6 Å². The Hall–Kier alpha value is -3.45. The highest BCUT2D eigenvalue weighted by Crippen LogP contribution is 2.32. The van der Waals surface area contributed by atoms with Gasteiger partial charge in [-0.05, 0) is 56.4 Å². The third-order valence-electron chi connectivity index (χ3n) is 7.47. The van der Waals surface area contributed by atoms with Crippen LogP contribution in [0.5, 0.6) is 0 Å². The van der Waals surface area contributed by atoms with Crippen LogP contribution in [-0.4, -0.2) is 55.9 Å². The van der Waals surface area contributed by atoms with Gasteiger partial charge in [-0.25, -0.2) is 9.78 Å². The topological polar surface area (TPSA) is 74.2 Å². The van der Waals surface area contributed by atoms with Crippen LogP contribution in [0.3, 0.4) is 0 Å². The van der Waals surface area contributed by atoms with E-state index < -0.39 is 0 Å². The smallest absolute Gasteiger partial charge is 0.327 e. The highest BCUT2D eigenvalue weighted by Gasteiger charge is 2.35. The summed E-state index contributed by atoms with van der Waals surface area (Å²) in [5.74, 6) is 0.00671. The van der Waals surface area contributed by atoms with E-state index in [1.165, 1.54) is 0 Å². The summed E-state index contributed by atoms with van der Waals surface area (Å²) < 4.78 is 1.95. The minimum absolute atomic E-state index is 0.00671. The lowest BCUT2D eigenvalue weighted by molar-refractivity contribution is 0.0180. The fourth-order valence-electron chi connectivity index (χ4n) is 5.76. The molecule has 174 valence electrons. The number of rotatable bonds is 3. The molecule has 1 unspecified atom stereocenters. The quantitative estimate of drug-likeness (QED) is 0.503. The molecule has 2 aromatic carbocycles. The molecule has 4 aromatic rings. The number of nitrogens with one attached hydrogen (secondary N) is 1. The Morgan fingerprint density at radius 2 is 1.68 bits per heavy atom. The van der Waals surface area contributed by atoms with Crippen molar-refractivity contribution in [2.24, 2.45) is 0 Å². The Labute approximate surface area is 198 Å². The van der Waals surface area contributed by atoms with Crippen LogP contribution >= 0.6 is 0 Å². The predicted octanol–water partition coefficient (Wildman–Crippen LogP) is 4.17. The van der Waals surface area contributed by atoms with Gasteiger partial charge in [-0.3, -0.25) is 14.3 Å². The summed E-state index contributed by atoms with van der Waals surface area (Å²) in [5, 5.41) is 1.04. The second-order valence-electron chi connectivity index (χ2n) is 9.44. The zero-order valence-corrected chi connectivity index (χ0v) is 19.2. The largest absolute Gasteiger partial charge is 0.337 e. The number of hydrogen-bond donors (Lipinski definition) is 1. The van der Waals surface area contributed by atoms with Crippen molar-refractivity contribution in [3.8, 4) is 0 Å². The number of carbonyl (C=O) groups is 1. The first-order chi connectivity index (χ1) is 16.7. The summed E-state index contributed by atoms with van der Waals surface area (Å²) in [4.78, 5) is 38.1. The molecule has 0 saturated carbocycles. The Kier molecular flexibility index (Phi) is 5.41. The minimum Gasteiger partial charge on any atom is -0.337 e. The molecule has 1 atom stereocenters. The van der Waals surface area contributed by atoms with Crippen LogP contribution in [0.4, 0.5) is 0 Å². The first-order valence-electron chi connectivity index (χ1n) is 12.3. The molecule has 7 nitrogen and oxygen atoms in total. The average Bonchev–Trinajstić information content (AvgIpc) is 3.23. The van der Waals surface area contributed by atoms with Crippen molar-refractivity contribution in [1.29, 1.82) is 0 Å². The van der Waals surface area contributed by atoms with Gasteiger partial charge in [0.15, 0.2) is 0 Å². The zero-order chi connectivity index (χ0) is 23.1. The number of nitrogens with zero attached hydrogens (tertiary/aromatic N) is 4. The maximum atomic E-state index is 13.2. The van der Waals surface area contributed by atoms with Gasteiger partial charge in [0, 0.05) is 31.1 Å². The molecule has 34 heavy (non-hydrogen) atoms. The van der Waals surface area contributed by atoms with Gasteiger partial charge in [0.2, 0.25) is 0 Å². The second kappa shape index (κ2) is 8.72. The molecule has 2 fully saturated rings. The van der Waals surface area contributed by atoms with E-state index in [2.05, 4.69) is 14.9 Å². The van der Waals surface area contributed by atoms with E-state index in [4.69, 9.17) is 0 Å². The Morgan fingerprint density at radius 3 is 2.56 bits per heavy atom. The van der Waals surface area contributed by atoms with Crippen LogP contribution in [-0.2, 0) is 0 Å². The maximum Gasteiger partial charge on any atom is 0.327 e. The lowest BCUT2D eigenvalue weighted by Crippen LogP contribution is -2.51. The highest BCUT2D eigenvalue weighted by atomic mass is 16.2. The summed E-state index contributed by atoms with van der Waals surface area (Å²) in [6, 6.07) is 20.0. The molecular weight excluding hydrogens is 426 g/mol. The number of hydrogen-bond acceptors (Lipinski definition) is 4. The zero-order valence-electron chi connectivity index (χ0n) is 19.2. The van der Waals surface area contributed by atoms with Crippen molar-refractivity contribution in [1.82, 2.24) is 24.3 Å². The molecule has 1 N–H and O–H groups in total. The maximum absolute atomic E-state index is 13.2. The number of aromatic amines is 1. The molecule has 2 aromatic heterocycles. The number of fused-ring (bicyclic) bond motifs is 2. The van der Waals surface area contributed by atoms with Crippen LogP contribution in [0.15, 0.2) is 65.5 Å². The molecule has 2 aliphatic heterocycles. The van der Waals surface area contributed by atoms with Crippen molar-refractivity contribution in [3.63, 3.8) is 0 Å². The fraction of sp³-hybridized carbons (Fsp3) is 0.370. The first-order valence-corrected chi connectivity index (χ1v) is 12.3. The van der Waals surface area contributed by atoms with Crippen molar-refractivity contribution < 1.29 is 4.79 Å². The van der Waals surface area contributed by atoms with Crippen molar-refractivity contribution in [3.05, 3.63) is 76.8 Å². The number of amides is 1. The standard InChI is InChI=1S/C27H29N5O2/c33-26(23-13-12-19-7-1-2-8-21(19)28-23)30-17-14-20(15-18-30)31-16-6-5-11-25(31)32-24-10-4-3-9-22(24)29-27(32)34/h1-4,7-10,12-13,20,25H,5-6,11,14-18H2,(H,29,34). The molecule has 4 heterocycles. The third-order valence-corrected chi connectivity index (χ3v) is 7.47. The van der Waals surface area contributed by atoms with Crippen LogP contribution < -0.4 is 5.69 Å². The number of imidazole rings is 1. The number of likely N-dealkylation sites (tertiary alicyclic amines) is 2. The minimum atomic E-state index is -0.0342. The number of H-pyrrole nitrogens is 1. The fourth-order valence-corrected chi connectivity index (χ4v) is 5.76. The lowest BCUT2D eigenvalue weighted by atomic mass is 9.97.